The number of amides is 1. The minimum atomic E-state index is -0.873. The molecule has 1 amide bonds. The molecule has 1 aromatic carbocycles. The summed E-state index contributed by atoms with van der Waals surface area (Å²) < 4.78 is 0. The van der Waals surface area contributed by atoms with Gasteiger partial charge in [-0.2, -0.15) is 0 Å². The number of carboxylic acid groups (broad SMARTS) is 1. The molecule has 0 heterocycles. The molecule has 116 valence electrons. The van der Waals surface area contributed by atoms with Crippen LogP contribution in [-0.2, 0) is 4.79 Å². The van der Waals surface area contributed by atoms with Crippen LogP contribution in [0.3, 0.4) is 0 Å². The van der Waals surface area contributed by atoms with E-state index in [1.54, 1.807) is 37.7 Å². The number of halogens is 1. The maximum Gasteiger partial charge on any atom is 0.309 e. The van der Waals surface area contributed by atoms with Crippen LogP contribution in [0.15, 0.2) is 23.1 Å². The summed E-state index contributed by atoms with van der Waals surface area (Å²) in [5.74, 6) is -0.245. The van der Waals surface area contributed by atoms with Gasteiger partial charge in [0, 0.05) is 16.5 Å². The Morgan fingerprint density at radius 3 is 2.62 bits per heavy atom. The van der Waals surface area contributed by atoms with Gasteiger partial charge in [-0.25, -0.2) is 0 Å². The third-order valence-corrected chi connectivity index (χ3v) is 4.29. The van der Waals surface area contributed by atoms with E-state index in [2.05, 4.69) is 5.32 Å². The molecule has 1 aromatic rings. The standard InChI is InChI=1S/C15H20ClNO3S/c1-4-21-12-6-5-10(16)9-11(12)13(18)17-8-7-15(2,3)14(19)20/h5-6,9H,4,7-8H2,1-3H3,(H,17,18)(H,19,20). The Morgan fingerprint density at radius 1 is 1.38 bits per heavy atom. The van der Waals surface area contributed by atoms with Gasteiger partial charge in [0.05, 0.1) is 11.0 Å². The molecule has 0 saturated heterocycles. The first kappa shape index (κ1) is 17.9. The molecule has 21 heavy (non-hydrogen) atoms. The summed E-state index contributed by atoms with van der Waals surface area (Å²) in [4.78, 5) is 24.1. The SMILES string of the molecule is CCSc1ccc(Cl)cc1C(=O)NCCC(C)(C)C(=O)O. The van der Waals surface area contributed by atoms with Crippen molar-refractivity contribution >= 4 is 35.2 Å². The zero-order valence-corrected chi connectivity index (χ0v) is 14.0. The predicted molar refractivity (Wildman–Crippen MR) is 86.2 cm³/mol. The van der Waals surface area contributed by atoms with Gasteiger partial charge in [0.2, 0.25) is 0 Å². The van der Waals surface area contributed by atoms with Crippen LogP contribution < -0.4 is 5.32 Å². The van der Waals surface area contributed by atoms with Gasteiger partial charge >= 0.3 is 5.97 Å². The zero-order chi connectivity index (χ0) is 16.0. The van der Waals surface area contributed by atoms with Crippen molar-refractivity contribution in [3.8, 4) is 0 Å². The highest BCUT2D eigenvalue weighted by atomic mass is 35.5. The number of thioether (sulfide) groups is 1. The van der Waals surface area contributed by atoms with E-state index in [0.29, 0.717) is 23.6 Å². The van der Waals surface area contributed by atoms with Crippen LogP contribution in [-0.4, -0.2) is 29.3 Å². The van der Waals surface area contributed by atoms with Crippen molar-refractivity contribution in [1.29, 1.82) is 0 Å². The Hall–Kier alpha value is -1.20. The summed E-state index contributed by atoms with van der Waals surface area (Å²) in [7, 11) is 0. The normalized spacial score (nSPS) is 11.2. The summed E-state index contributed by atoms with van der Waals surface area (Å²) in [6.45, 7) is 5.59. The molecule has 0 aromatic heterocycles. The number of benzene rings is 1. The van der Waals surface area contributed by atoms with Crippen molar-refractivity contribution in [3.05, 3.63) is 28.8 Å². The highest BCUT2D eigenvalue weighted by Crippen LogP contribution is 2.26. The number of carbonyl (C=O) groups is 2. The Balaban J connectivity index is 2.72. The van der Waals surface area contributed by atoms with E-state index in [9.17, 15) is 9.59 Å². The van der Waals surface area contributed by atoms with Crippen LogP contribution in [0.4, 0.5) is 0 Å². The monoisotopic (exact) mass is 329 g/mol. The summed E-state index contributed by atoms with van der Waals surface area (Å²) in [6.07, 6.45) is 0.366. The maximum absolute atomic E-state index is 12.2. The third kappa shape index (κ3) is 5.25. The minimum Gasteiger partial charge on any atom is -0.481 e. The maximum atomic E-state index is 12.2. The Kier molecular flexibility index (Phi) is 6.55. The molecule has 0 saturated carbocycles. The molecule has 1 rings (SSSR count). The Labute approximate surface area is 134 Å². The molecule has 0 fully saturated rings. The highest BCUT2D eigenvalue weighted by Gasteiger charge is 2.26. The number of hydrogen-bond donors (Lipinski definition) is 2. The van der Waals surface area contributed by atoms with E-state index < -0.39 is 11.4 Å². The van der Waals surface area contributed by atoms with Gasteiger partial charge in [-0.3, -0.25) is 9.59 Å². The van der Waals surface area contributed by atoms with E-state index in [1.807, 2.05) is 13.0 Å². The summed E-state index contributed by atoms with van der Waals surface area (Å²) in [5.41, 5.74) is -0.328. The van der Waals surface area contributed by atoms with Crippen molar-refractivity contribution in [1.82, 2.24) is 5.32 Å². The fraction of sp³-hybridized carbons (Fsp3) is 0.467. The lowest BCUT2D eigenvalue weighted by atomic mass is 9.90. The first-order valence-corrected chi connectivity index (χ1v) is 8.08. The summed E-state index contributed by atoms with van der Waals surface area (Å²) in [5, 5.41) is 12.3. The largest absolute Gasteiger partial charge is 0.481 e. The van der Waals surface area contributed by atoms with Gasteiger partial charge in [-0.05, 0) is 44.2 Å². The first-order chi connectivity index (χ1) is 9.77. The molecule has 0 aliphatic carbocycles. The number of carboxylic acids is 1. The van der Waals surface area contributed by atoms with Gasteiger partial charge in [0.25, 0.3) is 5.91 Å². The summed E-state index contributed by atoms with van der Waals surface area (Å²) in [6, 6.07) is 5.22. The first-order valence-electron chi connectivity index (χ1n) is 6.72. The molecule has 0 spiro atoms. The lowest BCUT2D eigenvalue weighted by molar-refractivity contribution is -0.147. The van der Waals surface area contributed by atoms with Crippen LogP contribution in [0.5, 0.6) is 0 Å². The number of carbonyl (C=O) groups excluding carboxylic acids is 1. The van der Waals surface area contributed by atoms with Gasteiger partial charge < -0.3 is 10.4 Å². The average Bonchev–Trinajstić information content (AvgIpc) is 2.40. The molecule has 0 radical (unpaired) electrons. The second kappa shape index (κ2) is 7.71. The topological polar surface area (TPSA) is 66.4 Å². The number of aliphatic carboxylic acids is 1. The van der Waals surface area contributed by atoms with Crippen LogP contribution in [0.1, 0.15) is 37.6 Å². The molecule has 0 bridgehead atoms. The number of hydrogen-bond acceptors (Lipinski definition) is 3. The van der Waals surface area contributed by atoms with Crippen LogP contribution in [0.2, 0.25) is 5.02 Å². The van der Waals surface area contributed by atoms with Crippen molar-refractivity contribution in [2.75, 3.05) is 12.3 Å². The molecular weight excluding hydrogens is 310 g/mol. The van der Waals surface area contributed by atoms with Crippen molar-refractivity contribution in [2.45, 2.75) is 32.1 Å². The van der Waals surface area contributed by atoms with Crippen LogP contribution in [0.25, 0.3) is 0 Å². The van der Waals surface area contributed by atoms with E-state index in [1.165, 1.54) is 0 Å². The Morgan fingerprint density at radius 2 is 2.05 bits per heavy atom. The molecule has 0 atom stereocenters. The minimum absolute atomic E-state index is 0.227. The second-order valence-electron chi connectivity index (χ2n) is 5.27. The third-order valence-electron chi connectivity index (χ3n) is 3.10. The van der Waals surface area contributed by atoms with Gasteiger partial charge in [0.1, 0.15) is 0 Å². The predicted octanol–water partition coefficient (Wildman–Crippen LogP) is 3.68. The fourth-order valence-corrected chi connectivity index (χ4v) is 2.61. The quantitative estimate of drug-likeness (QED) is 0.749. The van der Waals surface area contributed by atoms with Crippen molar-refractivity contribution in [3.63, 3.8) is 0 Å². The van der Waals surface area contributed by atoms with Crippen LogP contribution in [0, 0.1) is 5.41 Å². The van der Waals surface area contributed by atoms with Crippen molar-refractivity contribution in [2.24, 2.45) is 5.41 Å². The zero-order valence-electron chi connectivity index (χ0n) is 12.4. The Bertz CT molecular complexity index is 532. The van der Waals surface area contributed by atoms with E-state index >= 15 is 0 Å². The number of nitrogens with one attached hydrogen (secondary N) is 1. The molecule has 6 heteroatoms. The smallest absolute Gasteiger partial charge is 0.309 e. The molecule has 0 aliphatic heterocycles. The molecule has 2 N–H and O–H groups in total. The second-order valence-corrected chi connectivity index (χ2v) is 7.01. The molecule has 0 unspecified atom stereocenters. The molecule has 0 aliphatic rings. The van der Waals surface area contributed by atoms with Gasteiger partial charge in [-0.15, -0.1) is 11.8 Å². The average molecular weight is 330 g/mol. The fourth-order valence-electron chi connectivity index (χ4n) is 1.65. The van der Waals surface area contributed by atoms with Crippen LogP contribution >= 0.6 is 23.4 Å². The van der Waals surface area contributed by atoms with E-state index in [-0.39, 0.29) is 5.91 Å². The highest BCUT2D eigenvalue weighted by molar-refractivity contribution is 7.99. The molecule has 4 nitrogen and oxygen atoms in total. The molecular formula is C15H20ClNO3S. The lowest BCUT2D eigenvalue weighted by Crippen LogP contribution is -2.32. The lowest BCUT2D eigenvalue weighted by Gasteiger charge is -2.19. The van der Waals surface area contributed by atoms with E-state index in [4.69, 9.17) is 16.7 Å². The number of rotatable bonds is 7. The van der Waals surface area contributed by atoms with Gasteiger partial charge in [0.15, 0.2) is 0 Å². The van der Waals surface area contributed by atoms with E-state index in [0.717, 1.165) is 10.6 Å². The van der Waals surface area contributed by atoms with Gasteiger partial charge in [-0.1, -0.05) is 18.5 Å². The summed E-state index contributed by atoms with van der Waals surface area (Å²) >= 11 is 7.51. The van der Waals surface area contributed by atoms with Crippen molar-refractivity contribution < 1.29 is 14.7 Å².